The maximum atomic E-state index is 14.7. The molecular weight excluding hydrogens is 697 g/mol. The second-order valence-electron chi connectivity index (χ2n) is 14.8. The van der Waals surface area contributed by atoms with Crippen molar-refractivity contribution in [2.75, 3.05) is 4.90 Å². The van der Waals surface area contributed by atoms with Crippen LogP contribution in [0.4, 0.5) is 5.69 Å². The van der Waals surface area contributed by atoms with Crippen LogP contribution >= 0.6 is 0 Å². The van der Waals surface area contributed by atoms with E-state index in [0.717, 1.165) is 94.8 Å². The van der Waals surface area contributed by atoms with Crippen LogP contribution in [-0.2, 0) is 4.79 Å². The molecule has 5 nitrogen and oxygen atoms in total. The second-order valence-corrected chi connectivity index (χ2v) is 14.8. The zero-order chi connectivity index (χ0) is 37.9. The number of benzene rings is 5. The van der Waals surface area contributed by atoms with Crippen LogP contribution in [0.15, 0.2) is 182 Å². The fourth-order valence-corrected chi connectivity index (χ4v) is 9.01. The van der Waals surface area contributed by atoms with Gasteiger partial charge in [-0.2, -0.15) is 0 Å². The molecule has 57 heavy (non-hydrogen) atoms. The summed E-state index contributed by atoms with van der Waals surface area (Å²) < 4.78 is 0. The van der Waals surface area contributed by atoms with Crippen molar-refractivity contribution < 1.29 is 4.79 Å². The molecule has 3 aliphatic heterocycles. The Bertz CT molecular complexity index is 3020. The maximum Gasteiger partial charge on any atom is 0.237 e. The van der Waals surface area contributed by atoms with Gasteiger partial charge in [0, 0.05) is 44.3 Å². The number of carbonyl (C=O) groups is 1. The minimum absolute atomic E-state index is 0.0922. The Kier molecular flexibility index (Phi) is 7.71. The number of rotatable bonds is 5. The molecule has 0 spiro atoms. The van der Waals surface area contributed by atoms with Gasteiger partial charge < -0.3 is 14.9 Å². The fourth-order valence-electron chi connectivity index (χ4n) is 9.01. The number of hydrogen-bond donors (Lipinski definition) is 2. The van der Waals surface area contributed by atoms with E-state index in [1.165, 1.54) is 0 Å². The van der Waals surface area contributed by atoms with Gasteiger partial charge in [0.1, 0.15) is 0 Å². The van der Waals surface area contributed by atoms with Gasteiger partial charge in [0.25, 0.3) is 0 Å². The Labute approximate surface area is 330 Å². The van der Waals surface area contributed by atoms with E-state index in [4.69, 9.17) is 4.98 Å². The van der Waals surface area contributed by atoms with Crippen molar-refractivity contribution in [1.82, 2.24) is 15.0 Å². The number of aromatic nitrogens is 3. The van der Waals surface area contributed by atoms with Gasteiger partial charge >= 0.3 is 0 Å². The van der Waals surface area contributed by atoms with Crippen LogP contribution in [0.25, 0.3) is 78.7 Å². The summed E-state index contributed by atoms with van der Waals surface area (Å²) in [5, 5.41) is 0. The molecule has 1 fully saturated rings. The highest BCUT2D eigenvalue weighted by Gasteiger charge is 2.54. The zero-order valence-electron chi connectivity index (χ0n) is 30.9. The fraction of sp³-hybridized carbons (Fsp3) is 0.0385. The third-order valence-electron chi connectivity index (χ3n) is 11.5. The van der Waals surface area contributed by atoms with Crippen LogP contribution in [0.2, 0.25) is 0 Å². The number of nitrogens with one attached hydrogen (secondary N) is 2. The van der Waals surface area contributed by atoms with Gasteiger partial charge in [0.05, 0.1) is 29.0 Å². The van der Waals surface area contributed by atoms with E-state index in [1.807, 2.05) is 41.3 Å². The predicted octanol–water partition coefficient (Wildman–Crippen LogP) is 12.6. The van der Waals surface area contributed by atoms with Crippen LogP contribution in [0.1, 0.15) is 34.5 Å². The van der Waals surface area contributed by atoms with Gasteiger partial charge in [-0.25, -0.2) is 4.98 Å². The molecular formula is C52H36N4O. The first-order valence-corrected chi connectivity index (χ1v) is 19.4. The van der Waals surface area contributed by atoms with Gasteiger partial charge in [0.2, 0.25) is 5.91 Å². The van der Waals surface area contributed by atoms with Crippen LogP contribution in [0, 0.1) is 0 Å². The summed E-state index contributed by atoms with van der Waals surface area (Å²) in [5.41, 5.74) is 16.8. The first kappa shape index (κ1) is 32.9. The quantitative estimate of drug-likeness (QED) is 0.173. The number of fused-ring (bicyclic) bond motifs is 11. The van der Waals surface area contributed by atoms with E-state index in [2.05, 4.69) is 168 Å². The molecule has 8 aromatic rings. The van der Waals surface area contributed by atoms with E-state index in [1.54, 1.807) is 0 Å². The van der Waals surface area contributed by atoms with E-state index >= 15 is 0 Å². The monoisotopic (exact) mass is 732 g/mol. The number of nitrogens with zero attached hydrogens (tertiary/aromatic N) is 2. The third kappa shape index (κ3) is 5.39. The van der Waals surface area contributed by atoms with E-state index < -0.39 is 0 Å². The first-order valence-electron chi connectivity index (χ1n) is 19.4. The molecule has 11 rings (SSSR count). The minimum Gasteiger partial charge on any atom is -0.354 e. The van der Waals surface area contributed by atoms with E-state index in [0.29, 0.717) is 0 Å². The molecule has 3 aliphatic rings. The van der Waals surface area contributed by atoms with Gasteiger partial charge in [-0.1, -0.05) is 152 Å². The molecule has 5 heteroatoms. The number of β-lactam (4-membered cyclic amide) rings is 1. The highest BCUT2D eigenvalue weighted by molar-refractivity contribution is 6.13. The number of aromatic amines is 2. The summed E-state index contributed by atoms with van der Waals surface area (Å²) in [7, 11) is 0. The van der Waals surface area contributed by atoms with Crippen molar-refractivity contribution in [2.45, 2.75) is 12.0 Å². The van der Waals surface area contributed by atoms with E-state index in [-0.39, 0.29) is 17.9 Å². The van der Waals surface area contributed by atoms with Crippen molar-refractivity contribution in [1.29, 1.82) is 0 Å². The van der Waals surface area contributed by atoms with Crippen molar-refractivity contribution in [3.8, 4) is 44.5 Å². The molecule has 2 atom stereocenters. The molecule has 6 heterocycles. The Hall–Kier alpha value is -7.50. The lowest BCUT2D eigenvalue weighted by Gasteiger charge is -2.45. The SMILES string of the molecule is O=C1C(c2ccccc2)C2c3cc(c(-c4ccccc4)c4ccc([nH]4)c(-c4ccccc4)c4nc(c(-c5ccccc5)c5ccc([nH]5)c3-c3ccccc3)C=C4)N12. The summed E-state index contributed by atoms with van der Waals surface area (Å²) in [6.07, 6.45) is 4.26. The van der Waals surface area contributed by atoms with Crippen LogP contribution in [-0.4, -0.2) is 20.9 Å². The molecule has 2 N–H and O–H groups in total. The molecule has 3 aromatic heterocycles. The number of anilines is 1. The summed E-state index contributed by atoms with van der Waals surface area (Å²) >= 11 is 0. The van der Waals surface area contributed by atoms with Gasteiger partial charge in [0.15, 0.2) is 0 Å². The highest BCUT2D eigenvalue weighted by atomic mass is 16.2. The molecule has 1 amide bonds. The molecule has 0 radical (unpaired) electrons. The minimum atomic E-state index is -0.336. The molecule has 270 valence electrons. The van der Waals surface area contributed by atoms with Crippen molar-refractivity contribution >= 4 is 45.8 Å². The molecule has 5 aromatic carbocycles. The largest absolute Gasteiger partial charge is 0.354 e. The van der Waals surface area contributed by atoms with Gasteiger partial charge in [-0.15, -0.1) is 0 Å². The molecule has 1 saturated heterocycles. The average Bonchev–Trinajstić information content (AvgIpc) is 4.09. The highest BCUT2D eigenvalue weighted by Crippen LogP contribution is 2.58. The van der Waals surface area contributed by atoms with E-state index in [9.17, 15) is 4.79 Å². The van der Waals surface area contributed by atoms with Crippen LogP contribution in [0.5, 0.6) is 0 Å². The number of amides is 1. The maximum absolute atomic E-state index is 14.7. The Morgan fingerprint density at radius 2 is 0.825 bits per heavy atom. The van der Waals surface area contributed by atoms with Crippen molar-refractivity contribution in [2.24, 2.45) is 0 Å². The lowest BCUT2D eigenvalue weighted by Crippen LogP contribution is -2.51. The van der Waals surface area contributed by atoms with Crippen molar-refractivity contribution in [3.63, 3.8) is 0 Å². The Morgan fingerprint density at radius 3 is 1.30 bits per heavy atom. The topological polar surface area (TPSA) is 64.8 Å². The average molecular weight is 733 g/mol. The van der Waals surface area contributed by atoms with Crippen molar-refractivity contribution in [3.05, 3.63) is 205 Å². The lowest BCUT2D eigenvalue weighted by atomic mass is 9.78. The van der Waals surface area contributed by atoms with Crippen LogP contribution in [0.3, 0.4) is 0 Å². The molecule has 0 saturated carbocycles. The number of carbonyl (C=O) groups excluding carboxylic acids is 1. The normalized spacial score (nSPS) is 15.6. The summed E-state index contributed by atoms with van der Waals surface area (Å²) in [5.74, 6) is -0.243. The number of hydrogen-bond acceptors (Lipinski definition) is 2. The Morgan fingerprint density at radius 1 is 0.439 bits per heavy atom. The van der Waals surface area contributed by atoms with Gasteiger partial charge in [-0.3, -0.25) is 4.79 Å². The lowest BCUT2D eigenvalue weighted by molar-refractivity contribution is -0.126. The van der Waals surface area contributed by atoms with Crippen LogP contribution < -0.4 is 4.90 Å². The summed E-state index contributed by atoms with van der Waals surface area (Å²) in [4.78, 5) is 29.9. The predicted molar refractivity (Wildman–Crippen MR) is 233 cm³/mol. The zero-order valence-corrected chi connectivity index (χ0v) is 30.9. The standard InChI is InChI=1S/C52H36N4O/c57-52-50(37-24-14-5-15-25-37)51-38-32-45(56(51)52)49(36-22-12-4-13-23-36)44-31-30-43(55-44)48(35-20-10-3-11-21-35)42-29-28-41(54-42)47(34-18-8-2-9-19-34)40-27-26-39(53-40)46(38)33-16-6-1-7-17-33/h1-32,50-51,53,55H. The summed E-state index contributed by atoms with van der Waals surface area (Å²) in [6, 6.07) is 62.9. The summed E-state index contributed by atoms with van der Waals surface area (Å²) in [6.45, 7) is 0. The smallest absolute Gasteiger partial charge is 0.237 e. The first-order chi connectivity index (χ1) is 28.2. The third-order valence-corrected chi connectivity index (χ3v) is 11.5. The van der Waals surface area contributed by atoms with Gasteiger partial charge in [-0.05, 0) is 75.9 Å². The molecule has 8 bridgehead atoms. The number of H-pyrrole nitrogens is 2. The molecule has 0 aliphatic carbocycles. The second kappa shape index (κ2) is 13.4. The molecule has 2 unspecified atom stereocenters. The Balaban J connectivity index is 1.34.